The quantitative estimate of drug-likeness (QED) is 0.259. The number of hydrogen-bond acceptors (Lipinski definition) is 3. The Balaban J connectivity index is 2.76. The fourth-order valence-corrected chi connectivity index (χ4v) is 4.85. The van der Waals surface area contributed by atoms with E-state index in [1.54, 1.807) is 0 Å². The lowest BCUT2D eigenvalue weighted by Gasteiger charge is -2.45. The van der Waals surface area contributed by atoms with Crippen molar-refractivity contribution in [2.75, 3.05) is 6.61 Å². The molecule has 24 heavy (non-hydrogen) atoms. The Morgan fingerprint density at radius 3 is 2.33 bits per heavy atom. The van der Waals surface area contributed by atoms with Crippen LogP contribution in [0.4, 0.5) is 0 Å². The van der Waals surface area contributed by atoms with Crippen LogP contribution in [0.2, 0.25) is 18.1 Å². The second-order valence-corrected chi connectivity index (χ2v) is 14.3. The third kappa shape index (κ3) is 5.73. The van der Waals surface area contributed by atoms with Gasteiger partial charge >= 0.3 is 5.97 Å². The van der Waals surface area contributed by atoms with E-state index in [1.165, 1.54) is 18.1 Å². The standard InChI is InChI=1S/C20H38O3Si/c1-15-13-17(23-24(8,9)19(3,4)5)14-20(6,7)18(15)11-10-12-22-16(2)21/h17H,10-14H2,1-9H3/t17-/m0/s1. The normalized spacial score (nSPS) is 21.8. The van der Waals surface area contributed by atoms with Gasteiger partial charge in [0.1, 0.15) is 0 Å². The van der Waals surface area contributed by atoms with Crippen LogP contribution in [0, 0.1) is 5.41 Å². The number of esters is 1. The highest BCUT2D eigenvalue weighted by molar-refractivity contribution is 6.74. The van der Waals surface area contributed by atoms with E-state index in [4.69, 9.17) is 9.16 Å². The highest BCUT2D eigenvalue weighted by Crippen LogP contribution is 2.46. The molecular formula is C20H38O3Si. The molecular weight excluding hydrogens is 316 g/mol. The van der Waals surface area contributed by atoms with Gasteiger partial charge in [-0.2, -0.15) is 0 Å². The van der Waals surface area contributed by atoms with Gasteiger partial charge in [0.05, 0.1) is 6.61 Å². The Labute approximate surface area is 150 Å². The van der Waals surface area contributed by atoms with Crippen molar-refractivity contribution < 1.29 is 14.0 Å². The number of ether oxygens (including phenoxy) is 1. The minimum Gasteiger partial charge on any atom is -0.466 e. The third-order valence-electron chi connectivity index (χ3n) is 5.75. The molecule has 0 aromatic rings. The summed E-state index contributed by atoms with van der Waals surface area (Å²) >= 11 is 0. The van der Waals surface area contributed by atoms with Crippen molar-refractivity contribution in [2.45, 2.75) is 98.4 Å². The maximum atomic E-state index is 10.9. The maximum Gasteiger partial charge on any atom is 0.302 e. The van der Waals surface area contributed by atoms with E-state index in [9.17, 15) is 4.79 Å². The Bertz CT molecular complexity index is 484. The van der Waals surface area contributed by atoms with Crippen molar-refractivity contribution in [2.24, 2.45) is 5.41 Å². The zero-order chi connectivity index (χ0) is 18.8. The van der Waals surface area contributed by atoms with Gasteiger partial charge in [0.2, 0.25) is 0 Å². The second kappa shape index (κ2) is 7.73. The molecule has 0 saturated heterocycles. The first-order chi connectivity index (χ1) is 10.8. The summed E-state index contributed by atoms with van der Waals surface area (Å²) in [5.74, 6) is -0.188. The maximum absolute atomic E-state index is 10.9. The van der Waals surface area contributed by atoms with Crippen LogP contribution in [0.3, 0.4) is 0 Å². The van der Waals surface area contributed by atoms with Gasteiger partial charge in [0.25, 0.3) is 0 Å². The molecule has 1 rings (SSSR count). The fraction of sp³-hybridized carbons (Fsp3) is 0.850. The van der Waals surface area contributed by atoms with Crippen molar-refractivity contribution in [1.29, 1.82) is 0 Å². The molecule has 4 heteroatoms. The van der Waals surface area contributed by atoms with Crippen molar-refractivity contribution >= 4 is 14.3 Å². The summed E-state index contributed by atoms with van der Waals surface area (Å²) in [6.07, 6.45) is 4.37. The highest BCUT2D eigenvalue weighted by Gasteiger charge is 2.42. The summed E-state index contributed by atoms with van der Waals surface area (Å²) in [7, 11) is -1.73. The van der Waals surface area contributed by atoms with E-state index in [2.05, 4.69) is 54.6 Å². The van der Waals surface area contributed by atoms with E-state index in [0.717, 1.165) is 25.7 Å². The van der Waals surface area contributed by atoms with Crippen LogP contribution in [0.5, 0.6) is 0 Å². The third-order valence-corrected chi connectivity index (χ3v) is 10.3. The van der Waals surface area contributed by atoms with Gasteiger partial charge < -0.3 is 9.16 Å². The summed E-state index contributed by atoms with van der Waals surface area (Å²) < 4.78 is 11.8. The average Bonchev–Trinajstić information content (AvgIpc) is 2.33. The monoisotopic (exact) mass is 354 g/mol. The number of carbonyl (C=O) groups excluding carboxylic acids is 1. The molecule has 0 spiro atoms. The number of carbonyl (C=O) groups is 1. The molecule has 0 aromatic heterocycles. The van der Waals surface area contributed by atoms with Gasteiger partial charge in [-0.15, -0.1) is 0 Å². The first-order valence-electron chi connectivity index (χ1n) is 9.26. The van der Waals surface area contributed by atoms with Gasteiger partial charge in [0, 0.05) is 13.0 Å². The van der Waals surface area contributed by atoms with E-state index < -0.39 is 8.32 Å². The summed E-state index contributed by atoms with van der Waals surface area (Å²) in [6.45, 7) is 20.5. The average molecular weight is 355 g/mol. The minimum absolute atomic E-state index is 0.158. The highest BCUT2D eigenvalue weighted by atomic mass is 28.4. The van der Waals surface area contributed by atoms with Crippen LogP contribution in [0.15, 0.2) is 11.1 Å². The van der Waals surface area contributed by atoms with Crippen LogP contribution >= 0.6 is 0 Å². The van der Waals surface area contributed by atoms with Gasteiger partial charge in [-0.25, -0.2) is 0 Å². The summed E-state index contributed by atoms with van der Waals surface area (Å²) in [6, 6.07) is 0. The molecule has 0 aliphatic heterocycles. The fourth-order valence-electron chi connectivity index (χ4n) is 3.50. The van der Waals surface area contributed by atoms with Crippen LogP contribution in [0.1, 0.15) is 74.1 Å². The van der Waals surface area contributed by atoms with Gasteiger partial charge in [-0.05, 0) is 56.2 Å². The zero-order valence-electron chi connectivity index (χ0n) is 17.3. The Morgan fingerprint density at radius 2 is 1.88 bits per heavy atom. The number of hydrogen-bond donors (Lipinski definition) is 0. The van der Waals surface area contributed by atoms with Crippen molar-refractivity contribution in [3.8, 4) is 0 Å². The SMILES string of the molecule is CC(=O)OCCCC1=C(C)C[C@H](O[Si](C)(C)C(C)(C)C)CC1(C)C. The lowest BCUT2D eigenvalue weighted by atomic mass is 9.70. The summed E-state index contributed by atoms with van der Waals surface area (Å²) in [4.78, 5) is 10.9. The molecule has 0 radical (unpaired) electrons. The first kappa shape index (κ1) is 21.4. The van der Waals surface area contributed by atoms with E-state index in [0.29, 0.717) is 12.7 Å². The van der Waals surface area contributed by atoms with Crippen molar-refractivity contribution in [3.63, 3.8) is 0 Å². The van der Waals surface area contributed by atoms with Gasteiger partial charge in [0.15, 0.2) is 8.32 Å². The Hall–Kier alpha value is -0.613. The molecule has 0 N–H and O–H groups in total. The van der Waals surface area contributed by atoms with Crippen LogP contribution in [-0.2, 0) is 14.0 Å². The molecule has 0 bridgehead atoms. The molecule has 0 fully saturated rings. The molecule has 3 nitrogen and oxygen atoms in total. The largest absolute Gasteiger partial charge is 0.466 e. The van der Waals surface area contributed by atoms with E-state index in [-0.39, 0.29) is 16.4 Å². The predicted molar refractivity (Wildman–Crippen MR) is 104 cm³/mol. The molecule has 1 aliphatic rings. The van der Waals surface area contributed by atoms with E-state index in [1.807, 2.05) is 0 Å². The first-order valence-corrected chi connectivity index (χ1v) is 12.2. The van der Waals surface area contributed by atoms with Crippen molar-refractivity contribution in [3.05, 3.63) is 11.1 Å². The predicted octanol–water partition coefficient (Wildman–Crippen LogP) is 5.86. The van der Waals surface area contributed by atoms with Crippen LogP contribution in [-0.4, -0.2) is 27.0 Å². The lowest BCUT2D eigenvalue weighted by Crippen LogP contribution is -2.46. The minimum atomic E-state index is -1.73. The van der Waals surface area contributed by atoms with Crippen LogP contribution in [0.25, 0.3) is 0 Å². The topological polar surface area (TPSA) is 35.5 Å². The molecule has 0 saturated carbocycles. The van der Waals surface area contributed by atoms with Crippen molar-refractivity contribution in [1.82, 2.24) is 0 Å². The molecule has 1 atom stereocenters. The summed E-state index contributed by atoms with van der Waals surface area (Å²) in [5, 5.41) is 0.249. The number of allylic oxidation sites excluding steroid dienone is 1. The summed E-state index contributed by atoms with van der Waals surface area (Å²) in [5.41, 5.74) is 3.16. The lowest BCUT2D eigenvalue weighted by molar-refractivity contribution is -0.141. The smallest absolute Gasteiger partial charge is 0.302 e. The van der Waals surface area contributed by atoms with Gasteiger partial charge in [-0.1, -0.05) is 45.8 Å². The number of rotatable bonds is 6. The van der Waals surface area contributed by atoms with Gasteiger partial charge in [-0.3, -0.25) is 4.79 Å². The second-order valence-electron chi connectivity index (χ2n) is 9.49. The zero-order valence-corrected chi connectivity index (χ0v) is 18.3. The van der Waals surface area contributed by atoms with E-state index >= 15 is 0 Å². The van der Waals surface area contributed by atoms with Crippen LogP contribution < -0.4 is 0 Å². The molecule has 140 valence electrons. The molecule has 0 unspecified atom stereocenters. The Morgan fingerprint density at radius 1 is 1.29 bits per heavy atom. The molecule has 1 aliphatic carbocycles. The molecule has 0 amide bonds. The Kier molecular flexibility index (Phi) is 6.91. The molecule has 0 aromatic carbocycles. The molecule has 0 heterocycles.